The fourth-order valence-corrected chi connectivity index (χ4v) is 11.5. The van der Waals surface area contributed by atoms with Crippen LogP contribution in [0.3, 0.4) is 0 Å². The molecule has 0 radical (unpaired) electrons. The molecule has 9 aromatic carbocycles. The molecule has 468 valence electrons. The highest BCUT2D eigenvalue weighted by atomic mass is 16.8. The van der Waals surface area contributed by atoms with Crippen LogP contribution in [0.4, 0.5) is 14.4 Å². The van der Waals surface area contributed by atoms with Gasteiger partial charge in [-0.1, -0.05) is 252 Å². The molecule has 0 saturated carbocycles. The molecular weight excluding hydrogens is 1150 g/mol. The van der Waals surface area contributed by atoms with Crippen LogP contribution in [0.25, 0.3) is 0 Å². The van der Waals surface area contributed by atoms with Gasteiger partial charge in [-0.05, 0) is 122 Å². The van der Waals surface area contributed by atoms with Gasteiger partial charge in [-0.15, -0.1) is 0 Å². The van der Waals surface area contributed by atoms with Crippen LogP contribution < -0.4 is 37.9 Å². The monoisotopic (exact) mass is 1230 g/mol. The van der Waals surface area contributed by atoms with E-state index in [1.165, 1.54) is 12.1 Å². The number of hydrogen-bond donors (Lipinski definition) is 0. The molecule has 0 heterocycles. The van der Waals surface area contributed by atoms with Gasteiger partial charge in [0, 0.05) is 39.9 Å². The van der Waals surface area contributed by atoms with Crippen LogP contribution in [-0.4, -0.2) is 29.4 Å². The number of carbonyl (C=O) groups excluding carboxylic acids is 4. The van der Waals surface area contributed by atoms with Gasteiger partial charge in [-0.25, -0.2) is 14.4 Å². The van der Waals surface area contributed by atoms with Gasteiger partial charge in [0.25, 0.3) is 5.75 Å². The zero-order valence-corrected chi connectivity index (χ0v) is 53.8. The molecule has 1 N–H and O–H groups in total. The largest absolute Gasteiger partial charge is 0.724 e. The maximum Gasteiger partial charge on any atom is 0.724 e. The summed E-state index contributed by atoms with van der Waals surface area (Å²) in [7, 11) is 0. The average molecular weight is 1230 g/mol. The van der Waals surface area contributed by atoms with Crippen LogP contribution in [0.2, 0.25) is 0 Å². The number of ether oxygens (including phenoxy) is 8. The maximum atomic E-state index is 13.9. The maximum absolute atomic E-state index is 13.9. The second-order valence-corrected chi connectivity index (χ2v) is 25.9. The summed E-state index contributed by atoms with van der Waals surface area (Å²) in [5.74, 6) is 0.386. The van der Waals surface area contributed by atoms with Crippen LogP contribution in [-0.2, 0) is 27.1 Å². The highest BCUT2D eigenvalue weighted by Crippen LogP contribution is 2.48. The Morgan fingerprint density at radius 3 is 0.967 bits per heavy atom. The number of rotatable bonds is 18. The summed E-state index contributed by atoms with van der Waals surface area (Å²) in [6.07, 6.45) is 5.26. The van der Waals surface area contributed by atoms with Crippen molar-refractivity contribution in [1.82, 2.24) is 0 Å². The molecule has 0 amide bonds. The second-order valence-electron chi connectivity index (χ2n) is 25.9. The van der Waals surface area contributed by atoms with E-state index in [1.807, 2.05) is 117 Å². The van der Waals surface area contributed by atoms with E-state index in [2.05, 4.69) is 123 Å². The van der Waals surface area contributed by atoms with Crippen LogP contribution in [0.5, 0.6) is 46.0 Å². The first kappa shape index (κ1) is 64.5. The van der Waals surface area contributed by atoms with Gasteiger partial charge < -0.3 is 33.2 Å². The summed E-state index contributed by atoms with van der Waals surface area (Å²) >= 11 is 0. The number of benzene rings is 9. The average Bonchev–Trinajstić information content (AvgIpc) is 0.812. The minimum atomic E-state index is -1.11. The number of carbonyl (C=O) groups is 3. The summed E-state index contributed by atoms with van der Waals surface area (Å²) < 4.78 is 46.7. The lowest BCUT2D eigenvalue weighted by Gasteiger charge is -2.43. The van der Waals surface area contributed by atoms with Crippen LogP contribution in [0.1, 0.15) is 133 Å². The van der Waals surface area contributed by atoms with Gasteiger partial charge in [0.2, 0.25) is 5.75 Å². The Kier molecular flexibility index (Phi) is 18.6. The van der Waals surface area contributed by atoms with Gasteiger partial charge in [-0.2, -0.15) is 0 Å². The van der Waals surface area contributed by atoms with Crippen molar-refractivity contribution < 1.29 is 57.1 Å². The normalized spacial score (nSPS) is 14.1. The first-order valence-corrected chi connectivity index (χ1v) is 30.6. The third-order valence-corrected chi connectivity index (χ3v) is 18.4. The first-order valence-electron chi connectivity index (χ1n) is 30.6. The number of allylic oxidation sites excluding steroid dienone is 4. The van der Waals surface area contributed by atoms with E-state index in [4.69, 9.17) is 37.9 Å². The third-order valence-electron chi connectivity index (χ3n) is 18.4. The summed E-state index contributed by atoms with van der Waals surface area (Å²) in [6, 6.07) is 68.7. The zero-order valence-electron chi connectivity index (χ0n) is 53.8. The molecular formula is C80H77O12+. The molecule has 92 heavy (non-hydrogen) atoms. The van der Waals surface area contributed by atoms with Crippen molar-refractivity contribution in [1.29, 1.82) is 0 Å². The predicted molar refractivity (Wildman–Crippen MR) is 359 cm³/mol. The molecule has 12 heteroatoms. The van der Waals surface area contributed by atoms with Gasteiger partial charge in [-0.3, -0.25) is 9.47 Å². The van der Waals surface area contributed by atoms with Gasteiger partial charge >= 0.3 is 24.6 Å². The van der Waals surface area contributed by atoms with Crippen LogP contribution in [0.15, 0.2) is 249 Å². The Morgan fingerprint density at radius 1 is 0.326 bits per heavy atom. The molecule has 1 unspecified atom stereocenters. The lowest BCUT2D eigenvalue weighted by Crippen LogP contribution is -2.37. The molecule has 0 saturated heterocycles. The van der Waals surface area contributed by atoms with Crippen molar-refractivity contribution in [3.05, 3.63) is 299 Å². The molecule has 0 aromatic heterocycles. The van der Waals surface area contributed by atoms with E-state index in [9.17, 15) is 19.2 Å². The molecule has 0 aliphatic heterocycles. The quantitative estimate of drug-likeness (QED) is 0.0459. The van der Waals surface area contributed by atoms with Crippen molar-refractivity contribution in [3.63, 3.8) is 0 Å². The Balaban J connectivity index is 0.927. The molecule has 0 fully saturated rings. The molecule has 0 spiro atoms. The summed E-state index contributed by atoms with van der Waals surface area (Å²) in [6.45, 7) is 23.1. The van der Waals surface area contributed by atoms with Crippen molar-refractivity contribution in [3.8, 4) is 46.0 Å². The molecule has 12 nitrogen and oxygen atoms in total. The Bertz CT molecular complexity index is 4150. The summed E-state index contributed by atoms with van der Waals surface area (Å²) in [4.78, 5) is 52.8. The van der Waals surface area contributed by atoms with Gasteiger partial charge in [0.1, 0.15) is 17.2 Å². The SMILES string of the molecule is CC(C)(c1ccccc1)c1ccc(OC(=O)Oc2ccc(C(C)(C)c3ccc(OC(=O)Oc4ccc(C(C)(C)c5ccccc5)cc4)c(OC(=[OH+])Oc4ccc(C(C)(C)C5(C)C=CC=CC5)cc4)c3)cc2OC(=O)Oc2ccc(C(C)(C)c3ccccc3)cc2)cc1. The van der Waals surface area contributed by atoms with E-state index >= 15 is 0 Å². The highest BCUT2D eigenvalue weighted by molar-refractivity contribution is 5.74. The first-order chi connectivity index (χ1) is 43.8. The van der Waals surface area contributed by atoms with E-state index in [1.54, 1.807) is 72.8 Å². The van der Waals surface area contributed by atoms with E-state index in [0.29, 0.717) is 11.1 Å². The summed E-state index contributed by atoms with van der Waals surface area (Å²) in [5.41, 5.74) is 6.08. The van der Waals surface area contributed by atoms with Crippen molar-refractivity contribution in [2.75, 3.05) is 0 Å². The minimum absolute atomic E-state index is 0.119. The second kappa shape index (κ2) is 26.5. The molecule has 1 aliphatic carbocycles. The topological polar surface area (TPSA) is 146 Å². The number of hydrogen-bond acceptors (Lipinski definition) is 11. The van der Waals surface area contributed by atoms with Crippen LogP contribution in [0, 0.1) is 5.41 Å². The molecule has 10 rings (SSSR count). The Morgan fingerprint density at radius 2 is 0.620 bits per heavy atom. The fraction of sp³-hybridized carbons (Fsp3) is 0.225. The highest BCUT2D eigenvalue weighted by Gasteiger charge is 2.40. The fourth-order valence-electron chi connectivity index (χ4n) is 11.5. The standard InChI is InChI=1S/C80H76O12/c1-75(2,54-24-16-12-17-25-54)57-30-40-63(41-31-57)85-71(81)89-67-48-38-61(52-69(67)91-73(83)87-65-44-34-59(35-45-65)77(5,6)56-28-20-14-21-29-56)78(7,8)62-39-49-68(90-72(82)86-64-42-32-58(33-43-64)76(3,4)55-26-18-13-19-27-55)70(53-62)92-74(84)88-66-46-36-60(37-47-66)79(9,10)80(11)50-22-15-23-51-80/h12-50,52-53H,51H2,1-11H3/p+1. The summed E-state index contributed by atoms with van der Waals surface area (Å²) in [5, 5.41) is 0. The van der Waals surface area contributed by atoms with Crippen molar-refractivity contribution >= 4 is 24.6 Å². The smallest absolute Gasteiger partial charge is 0.395 e. The molecule has 0 bridgehead atoms. The lowest BCUT2D eigenvalue weighted by molar-refractivity contribution is 0.140. The van der Waals surface area contributed by atoms with Gasteiger partial charge in [0.15, 0.2) is 17.2 Å². The van der Waals surface area contributed by atoms with Crippen molar-refractivity contribution in [2.45, 2.75) is 110 Å². The molecule has 1 atom stereocenters. The Hall–Kier alpha value is -10.5. The van der Waals surface area contributed by atoms with Gasteiger partial charge in [0.05, 0.1) is 0 Å². The van der Waals surface area contributed by atoms with Crippen molar-refractivity contribution in [2.24, 2.45) is 5.41 Å². The minimum Gasteiger partial charge on any atom is -0.395 e. The molecule has 9 aromatic rings. The van der Waals surface area contributed by atoms with E-state index in [0.717, 1.165) is 45.4 Å². The lowest BCUT2D eigenvalue weighted by atomic mass is 9.60. The van der Waals surface area contributed by atoms with Crippen LogP contribution >= 0.6 is 0 Å². The predicted octanol–water partition coefficient (Wildman–Crippen LogP) is 19.4. The van der Waals surface area contributed by atoms with E-state index in [-0.39, 0.29) is 73.1 Å². The zero-order chi connectivity index (χ0) is 65.5. The Labute approximate surface area is 539 Å². The third kappa shape index (κ3) is 14.4. The van der Waals surface area contributed by atoms with E-state index < -0.39 is 30.0 Å². The molecule has 1 aliphatic rings.